The zero-order valence-electron chi connectivity index (χ0n) is 14.3. The first kappa shape index (κ1) is 19.0. The fraction of sp³-hybridized carbons (Fsp3) is 0.105. The number of methoxy groups -OCH3 is 1. The second kappa shape index (κ2) is 8.28. The van der Waals surface area contributed by atoms with Crippen molar-refractivity contribution in [1.82, 2.24) is 4.90 Å². The van der Waals surface area contributed by atoms with E-state index in [9.17, 15) is 14.4 Å². The number of carbonyl (C=O) groups is 3. The van der Waals surface area contributed by atoms with Crippen molar-refractivity contribution in [3.8, 4) is 0 Å². The van der Waals surface area contributed by atoms with Gasteiger partial charge in [-0.05, 0) is 47.7 Å². The second-order valence-corrected chi connectivity index (χ2v) is 6.96. The Balaban J connectivity index is 1.73. The van der Waals surface area contributed by atoms with Gasteiger partial charge in [-0.2, -0.15) is 0 Å². The minimum Gasteiger partial charge on any atom is -0.465 e. The summed E-state index contributed by atoms with van der Waals surface area (Å²) in [6, 6.07) is 13.7. The molecule has 3 rings (SSSR count). The van der Waals surface area contributed by atoms with Gasteiger partial charge in [0.25, 0.3) is 11.1 Å². The van der Waals surface area contributed by atoms with Gasteiger partial charge in [-0.15, -0.1) is 0 Å². The number of hydrogen-bond donors (Lipinski definition) is 1. The van der Waals surface area contributed by atoms with E-state index in [0.717, 1.165) is 22.2 Å². The van der Waals surface area contributed by atoms with Gasteiger partial charge in [-0.1, -0.05) is 35.9 Å². The number of ether oxygens (including phenoxy) is 1. The lowest BCUT2D eigenvalue weighted by molar-refractivity contribution is -0.122. The molecule has 138 valence electrons. The van der Waals surface area contributed by atoms with Gasteiger partial charge in [0.1, 0.15) is 0 Å². The third-order valence-corrected chi connectivity index (χ3v) is 4.96. The van der Waals surface area contributed by atoms with Crippen LogP contribution in [0.1, 0.15) is 15.9 Å². The minimum atomic E-state index is -0.505. The number of nitrogens with one attached hydrogen (secondary N) is 1. The monoisotopic (exact) mass is 402 g/mol. The molecule has 1 fully saturated rings. The zero-order valence-corrected chi connectivity index (χ0v) is 15.8. The minimum absolute atomic E-state index is 0.0589. The highest BCUT2D eigenvalue weighted by atomic mass is 35.5. The number of imide groups is 1. The number of amides is 2. The van der Waals surface area contributed by atoms with E-state index in [1.165, 1.54) is 7.11 Å². The summed E-state index contributed by atoms with van der Waals surface area (Å²) in [5.41, 5.74) is 1.57. The van der Waals surface area contributed by atoms with Crippen molar-refractivity contribution in [1.29, 1.82) is 0 Å². The summed E-state index contributed by atoms with van der Waals surface area (Å²) in [5.74, 6) is -0.905. The summed E-state index contributed by atoms with van der Waals surface area (Å²) in [5, 5.41) is 3.15. The van der Waals surface area contributed by atoms with E-state index in [-0.39, 0.29) is 11.9 Å². The lowest BCUT2D eigenvalue weighted by Crippen LogP contribution is -2.33. The molecular weight excluding hydrogens is 388 g/mol. The largest absolute Gasteiger partial charge is 0.465 e. The van der Waals surface area contributed by atoms with E-state index >= 15 is 0 Å². The molecule has 27 heavy (non-hydrogen) atoms. The smallest absolute Gasteiger partial charge is 0.339 e. The van der Waals surface area contributed by atoms with Gasteiger partial charge in [0.2, 0.25) is 0 Å². The number of rotatable bonds is 5. The van der Waals surface area contributed by atoms with Crippen LogP contribution in [0.25, 0.3) is 6.08 Å². The van der Waals surface area contributed by atoms with Crippen molar-refractivity contribution in [3.63, 3.8) is 0 Å². The van der Waals surface area contributed by atoms with Gasteiger partial charge in [0, 0.05) is 5.02 Å². The summed E-state index contributed by atoms with van der Waals surface area (Å²) in [7, 11) is 1.29. The van der Waals surface area contributed by atoms with E-state index in [4.69, 9.17) is 16.3 Å². The van der Waals surface area contributed by atoms with Crippen molar-refractivity contribution in [2.24, 2.45) is 0 Å². The molecule has 0 unspecified atom stereocenters. The average Bonchev–Trinajstić information content (AvgIpc) is 2.94. The van der Waals surface area contributed by atoms with Crippen molar-refractivity contribution in [2.45, 2.75) is 0 Å². The second-order valence-electron chi connectivity index (χ2n) is 5.53. The van der Waals surface area contributed by atoms with E-state index in [1.54, 1.807) is 54.6 Å². The van der Waals surface area contributed by atoms with Crippen LogP contribution in [0, 0.1) is 0 Å². The molecule has 0 saturated carbocycles. The third kappa shape index (κ3) is 4.32. The summed E-state index contributed by atoms with van der Waals surface area (Å²) >= 11 is 6.72. The van der Waals surface area contributed by atoms with Gasteiger partial charge in [-0.3, -0.25) is 14.5 Å². The summed E-state index contributed by atoms with van der Waals surface area (Å²) in [6.07, 6.45) is 1.64. The SMILES string of the molecule is COC(=O)c1ccccc1NCN1C(=O)S/C(=C\c2ccc(Cl)cc2)C1=O. The highest BCUT2D eigenvalue weighted by molar-refractivity contribution is 8.18. The van der Waals surface area contributed by atoms with E-state index < -0.39 is 11.9 Å². The number of halogens is 1. The quantitative estimate of drug-likeness (QED) is 0.595. The molecule has 0 aliphatic carbocycles. The van der Waals surface area contributed by atoms with Crippen molar-refractivity contribution >= 4 is 52.2 Å². The molecule has 2 aromatic carbocycles. The first-order valence-electron chi connectivity index (χ1n) is 7.92. The average molecular weight is 403 g/mol. The Morgan fingerprint density at radius 1 is 1.19 bits per heavy atom. The molecule has 1 aliphatic heterocycles. The molecule has 1 heterocycles. The molecule has 0 atom stereocenters. The van der Waals surface area contributed by atoms with Crippen LogP contribution < -0.4 is 5.32 Å². The predicted molar refractivity (Wildman–Crippen MR) is 106 cm³/mol. The van der Waals surface area contributed by atoms with Gasteiger partial charge >= 0.3 is 5.97 Å². The molecule has 2 aromatic rings. The first-order valence-corrected chi connectivity index (χ1v) is 9.11. The molecule has 6 nitrogen and oxygen atoms in total. The molecular formula is C19H15ClN2O4S. The lowest BCUT2D eigenvalue weighted by atomic mass is 10.2. The molecule has 2 amide bonds. The fourth-order valence-electron chi connectivity index (χ4n) is 2.44. The topological polar surface area (TPSA) is 75.7 Å². The van der Waals surface area contributed by atoms with Crippen LogP contribution in [0.2, 0.25) is 5.02 Å². The van der Waals surface area contributed by atoms with Gasteiger partial charge in [0.05, 0.1) is 29.9 Å². The number of anilines is 1. The highest BCUT2D eigenvalue weighted by Crippen LogP contribution is 2.32. The van der Waals surface area contributed by atoms with Gasteiger partial charge in [0.15, 0.2) is 0 Å². The number of carbonyl (C=O) groups excluding carboxylic acids is 3. The standard InChI is InChI=1S/C19H15ClN2O4S/c1-26-18(24)14-4-2-3-5-15(14)21-11-22-17(23)16(27-19(22)25)10-12-6-8-13(20)9-7-12/h2-10,21H,11H2,1H3/b16-10-. The summed E-state index contributed by atoms with van der Waals surface area (Å²) in [6.45, 7) is -0.0589. The molecule has 0 bridgehead atoms. The Labute approximate surface area is 165 Å². The Hall–Kier alpha value is -2.77. The summed E-state index contributed by atoms with van der Waals surface area (Å²) < 4.78 is 4.73. The van der Waals surface area contributed by atoms with E-state index in [2.05, 4.69) is 5.32 Å². The third-order valence-electron chi connectivity index (χ3n) is 3.80. The number of benzene rings is 2. The van der Waals surface area contributed by atoms with Crippen LogP contribution in [-0.2, 0) is 9.53 Å². The lowest BCUT2D eigenvalue weighted by Gasteiger charge is -2.16. The van der Waals surface area contributed by atoms with Crippen molar-refractivity contribution in [3.05, 3.63) is 69.6 Å². The molecule has 1 aliphatic rings. The number of esters is 1. The maximum atomic E-state index is 12.5. The molecule has 0 spiro atoms. The van der Waals surface area contributed by atoms with Crippen molar-refractivity contribution < 1.29 is 19.1 Å². The Bertz CT molecular complexity index is 928. The fourth-order valence-corrected chi connectivity index (χ4v) is 3.40. The van der Waals surface area contributed by atoms with E-state index in [1.807, 2.05) is 0 Å². The summed E-state index contributed by atoms with van der Waals surface area (Å²) in [4.78, 5) is 38.0. The van der Waals surface area contributed by atoms with Crippen LogP contribution in [-0.4, -0.2) is 35.8 Å². The predicted octanol–water partition coefficient (Wildman–Crippen LogP) is 4.23. The maximum absolute atomic E-state index is 12.5. The van der Waals surface area contributed by atoms with Crippen LogP contribution >= 0.6 is 23.4 Å². The molecule has 1 saturated heterocycles. The Morgan fingerprint density at radius 3 is 2.59 bits per heavy atom. The number of thioether (sulfide) groups is 1. The Kier molecular flexibility index (Phi) is 5.83. The van der Waals surface area contributed by atoms with Gasteiger partial charge < -0.3 is 10.1 Å². The highest BCUT2D eigenvalue weighted by Gasteiger charge is 2.35. The van der Waals surface area contributed by atoms with Crippen LogP contribution in [0.15, 0.2) is 53.4 Å². The molecule has 0 radical (unpaired) electrons. The van der Waals surface area contributed by atoms with Crippen molar-refractivity contribution in [2.75, 3.05) is 19.1 Å². The molecule has 0 aromatic heterocycles. The first-order chi connectivity index (χ1) is 13.0. The molecule has 1 N–H and O–H groups in total. The number of para-hydroxylation sites is 1. The number of nitrogens with zero attached hydrogens (tertiary/aromatic N) is 1. The van der Waals surface area contributed by atoms with Crippen LogP contribution in [0.3, 0.4) is 0 Å². The van der Waals surface area contributed by atoms with Crippen LogP contribution in [0.5, 0.6) is 0 Å². The maximum Gasteiger partial charge on any atom is 0.339 e. The van der Waals surface area contributed by atoms with E-state index in [0.29, 0.717) is 21.2 Å². The Morgan fingerprint density at radius 2 is 1.89 bits per heavy atom. The van der Waals surface area contributed by atoms with Gasteiger partial charge in [-0.25, -0.2) is 4.79 Å². The van der Waals surface area contributed by atoms with Crippen LogP contribution in [0.4, 0.5) is 10.5 Å². The zero-order chi connectivity index (χ0) is 19.4. The molecule has 8 heteroatoms. The number of hydrogen-bond acceptors (Lipinski definition) is 6. The normalized spacial score (nSPS) is 15.3.